The second-order valence-corrected chi connectivity index (χ2v) is 7.27. The highest BCUT2D eigenvalue weighted by atomic mass is 32.2. The zero-order valence-electron chi connectivity index (χ0n) is 15.0. The third kappa shape index (κ3) is 4.27. The van der Waals surface area contributed by atoms with Crippen LogP contribution in [0.5, 0.6) is 0 Å². The van der Waals surface area contributed by atoms with Crippen LogP contribution in [0.4, 0.5) is 0 Å². The van der Waals surface area contributed by atoms with Crippen molar-refractivity contribution in [3.05, 3.63) is 46.8 Å². The molecule has 26 heavy (non-hydrogen) atoms. The summed E-state index contributed by atoms with van der Waals surface area (Å²) in [5.41, 5.74) is 2.35. The smallest absolute Gasteiger partial charge is 0.339 e. The van der Waals surface area contributed by atoms with Crippen LogP contribution in [0.15, 0.2) is 33.7 Å². The lowest BCUT2D eigenvalue weighted by molar-refractivity contribution is -0.133. The molecule has 6 nitrogen and oxygen atoms in total. The lowest BCUT2D eigenvalue weighted by Gasteiger charge is -2.15. The van der Waals surface area contributed by atoms with Gasteiger partial charge in [0.15, 0.2) is 6.61 Å². The van der Waals surface area contributed by atoms with Gasteiger partial charge in [-0.25, -0.2) is 4.79 Å². The molecule has 0 N–H and O–H groups in total. The summed E-state index contributed by atoms with van der Waals surface area (Å²) < 4.78 is 10.4. The minimum Gasteiger partial charge on any atom is -0.452 e. The van der Waals surface area contributed by atoms with E-state index < -0.39 is 5.97 Å². The van der Waals surface area contributed by atoms with Crippen molar-refractivity contribution in [1.82, 2.24) is 10.1 Å². The Hall–Kier alpha value is -2.28. The third-order valence-electron chi connectivity index (χ3n) is 4.45. The van der Waals surface area contributed by atoms with Gasteiger partial charge >= 0.3 is 5.97 Å². The predicted octanol–water partition coefficient (Wildman–Crippen LogP) is 3.36. The Morgan fingerprint density at radius 2 is 1.96 bits per heavy atom. The fourth-order valence-electron chi connectivity index (χ4n) is 2.88. The summed E-state index contributed by atoms with van der Waals surface area (Å²) in [5.74, 6) is 0.834. The van der Waals surface area contributed by atoms with Crippen LogP contribution in [0.2, 0.25) is 0 Å². The molecule has 1 fully saturated rings. The lowest BCUT2D eigenvalue weighted by Crippen LogP contribution is -2.32. The number of carbonyl (C=O) groups is 2. The van der Waals surface area contributed by atoms with Crippen LogP contribution in [-0.4, -0.2) is 41.6 Å². The first-order valence-electron chi connectivity index (χ1n) is 8.64. The van der Waals surface area contributed by atoms with Crippen LogP contribution in [0, 0.1) is 13.8 Å². The second-order valence-electron chi connectivity index (χ2n) is 6.25. The molecule has 1 amide bonds. The maximum Gasteiger partial charge on any atom is 0.339 e. The number of ether oxygens (including phenoxy) is 1. The highest BCUT2D eigenvalue weighted by Crippen LogP contribution is 2.29. The number of hydrogen-bond acceptors (Lipinski definition) is 6. The average Bonchev–Trinajstić information content (AvgIpc) is 3.29. The van der Waals surface area contributed by atoms with E-state index in [9.17, 15) is 9.59 Å². The number of likely N-dealkylation sites (tertiary alicyclic amines) is 1. The van der Waals surface area contributed by atoms with E-state index in [1.807, 2.05) is 26.0 Å². The summed E-state index contributed by atoms with van der Waals surface area (Å²) in [7, 11) is 0. The normalized spacial score (nSPS) is 13.8. The van der Waals surface area contributed by atoms with Gasteiger partial charge < -0.3 is 14.2 Å². The molecule has 1 aromatic carbocycles. The monoisotopic (exact) mass is 374 g/mol. The van der Waals surface area contributed by atoms with E-state index in [0.29, 0.717) is 11.3 Å². The lowest BCUT2D eigenvalue weighted by atomic mass is 10.2. The van der Waals surface area contributed by atoms with Crippen LogP contribution in [0.25, 0.3) is 0 Å². The molecule has 1 aliphatic heterocycles. The van der Waals surface area contributed by atoms with E-state index in [1.54, 1.807) is 17.0 Å². The molecule has 138 valence electrons. The molecule has 0 spiro atoms. The number of carbonyl (C=O) groups excluding carboxylic acids is 2. The molecule has 0 unspecified atom stereocenters. The van der Waals surface area contributed by atoms with Crippen molar-refractivity contribution in [3.63, 3.8) is 0 Å². The fourth-order valence-corrected chi connectivity index (χ4v) is 4.08. The van der Waals surface area contributed by atoms with Crippen LogP contribution < -0.4 is 0 Å². The molecule has 0 radical (unpaired) electrons. The quantitative estimate of drug-likeness (QED) is 0.570. The molecule has 2 aromatic rings. The maximum atomic E-state index is 12.4. The summed E-state index contributed by atoms with van der Waals surface area (Å²) in [6.07, 6.45) is 2.03. The Morgan fingerprint density at radius 1 is 1.23 bits per heavy atom. The van der Waals surface area contributed by atoms with Crippen molar-refractivity contribution in [3.8, 4) is 0 Å². The molecule has 2 heterocycles. The van der Waals surface area contributed by atoms with E-state index in [1.165, 1.54) is 11.8 Å². The van der Waals surface area contributed by atoms with Crippen molar-refractivity contribution >= 4 is 23.6 Å². The van der Waals surface area contributed by atoms with Gasteiger partial charge in [0, 0.05) is 29.3 Å². The van der Waals surface area contributed by atoms with Crippen LogP contribution in [-0.2, 0) is 15.3 Å². The standard InChI is InChI=1S/C19H22N2O4S/c1-13-16(14(2)25-20-13)12-26-17-8-4-3-7-15(17)19(23)24-11-18(22)21-9-5-6-10-21/h3-4,7-8H,5-6,9-12H2,1-2H3. The number of amides is 1. The summed E-state index contributed by atoms with van der Waals surface area (Å²) in [6.45, 7) is 5.07. The van der Waals surface area contributed by atoms with Gasteiger partial charge in [0.05, 0.1) is 11.3 Å². The van der Waals surface area contributed by atoms with Gasteiger partial charge in [0.1, 0.15) is 5.76 Å². The zero-order valence-corrected chi connectivity index (χ0v) is 15.8. The van der Waals surface area contributed by atoms with E-state index in [4.69, 9.17) is 9.26 Å². The SMILES string of the molecule is Cc1noc(C)c1CSc1ccccc1C(=O)OCC(=O)N1CCCC1. The Labute approximate surface area is 156 Å². The van der Waals surface area contributed by atoms with Crippen molar-refractivity contribution in [1.29, 1.82) is 0 Å². The van der Waals surface area contributed by atoms with E-state index in [0.717, 1.165) is 47.8 Å². The van der Waals surface area contributed by atoms with Crippen LogP contribution in [0.1, 0.15) is 40.2 Å². The topological polar surface area (TPSA) is 72.6 Å². The van der Waals surface area contributed by atoms with Crippen LogP contribution in [0.3, 0.4) is 0 Å². The number of aryl methyl sites for hydroxylation is 2. The van der Waals surface area contributed by atoms with Crippen molar-refractivity contribution in [2.24, 2.45) is 0 Å². The van der Waals surface area contributed by atoms with E-state index in [-0.39, 0.29) is 12.5 Å². The maximum absolute atomic E-state index is 12.4. The number of nitrogens with zero attached hydrogens (tertiary/aromatic N) is 2. The minimum atomic E-state index is -0.473. The van der Waals surface area contributed by atoms with Crippen LogP contribution >= 0.6 is 11.8 Å². The second kappa shape index (κ2) is 8.40. The van der Waals surface area contributed by atoms with Crippen molar-refractivity contribution in [2.45, 2.75) is 37.3 Å². The first kappa shape index (κ1) is 18.5. The Kier molecular flexibility index (Phi) is 5.98. The van der Waals surface area contributed by atoms with E-state index in [2.05, 4.69) is 5.16 Å². The van der Waals surface area contributed by atoms with Gasteiger partial charge in [-0.1, -0.05) is 17.3 Å². The molecule has 1 aliphatic rings. The summed E-state index contributed by atoms with van der Waals surface area (Å²) in [5, 5.41) is 3.95. The molecule has 0 atom stereocenters. The number of esters is 1. The molecular formula is C19H22N2O4S. The Morgan fingerprint density at radius 3 is 2.65 bits per heavy atom. The highest BCUT2D eigenvalue weighted by molar-refractivity contribution is 7.98. The number of benzene rings is 1. The van der Waals surface area contributed by atoms with Gasteiger partial charge in [-0.3, -0.25) is 4.79 Å². The predicted molar refractivity (Wildman–Crippen MR) is 98.1 cm³/mol. The highest BCUT2D eigenvalue weighted by Gasteiger charge is 2.21. The molecule has 1 aromatic heterocycles. The minimum absolute atomic E-state index is 0.128. The third-order valence-corrected chi connectivity index (χ3v) is 5.55. The van der Waals surface area contributed by atoms with Crippen molar-refractivity contribution < 1.29 is 18.8 Å². The van der Waals surface area contributed by atoms with Gasteiger partial charge in [0.2, 0.25) is 0 Å². The molecular weight excluding hydrogens is 352 g/mol. The van der Waals surface area contributed by atoms with Gasteiger partial charge in [-0.05, 0) is 38.8 Å². The first-order chi connectivity index (χ1) is 12.6. The number of aromatic nitrogens is 1. The molecule has 3 rings (SSSR count). The average molecular weight is 374 g/mol. The van der Waals surface area contributed by atoms with Crippen molar-refractivity contribution in [2.75, 3.05) is 19.7 Å². The Bertz CT molecular complexity index is 777. The Balaban J connectivity index is 1.62. The molecule has 0 bridgehead atoms. The number of rotatable bonds is 6. The molecule has 7 heteroatoms. The van der Waals surface area contributed by atoms with Gasteiger partial charge in [0.25, 0.3) is 5.91 Å². The number of thioether (sulfide) groups is 1. The summed E-state index contributed by atoms with van der Waals surface area (Å²) >= 11 is 1.52. The fraction of sp³-hybridized carbons (Fsp3) is 0.421. The van der Waals surface area contributed by atoms with Gasteiger partial charge in [-0.2, -0.15) is 0 Å². The molecule has 0 saturated carbocycles. The van der Waals surface area contributed by atoms with E-state index >= 15 is 0 Å². The number of hydrogen-bond donors (Lipinski definition) is 0. The molecule has 0 aliphatic carbocycles. The molecule has 1 saturated heterocycles. The van der Waals surface area contributed by atoms with Gasteiger partial charge in [-0.15, -0.1) is 11.8 Å². The summed E-state index contributed by atoms with van der Waals surface area (Å²) in [4.78, 5) is 27.0. The largest absolute Gasteiger partial charge is 0.452 e. The zero-order chi connectivity index (χ0) is 18.5. The first-order valence-corrected chi connectivity index (χ1v) is 9.63. The summed E-state index contributed by atoms with van der Waals surface area (Å²) in [6, 6.07) is 7.26.